The van der Waals surface area contributed by atoms with E-state index in [4.69, 9.17) is 10.5 Å². The number of rotatable bonds is 8. The van der Waals surface area contributed by atoms with Crippen molar-refractivity contribution >= 4 is 5.91 Å². The van der Waals surface area contributed by atoms with Gasteiger partial charge in [-0.2, -0.15) is 0 Å². The number of hydrogen-bond donors (Lipinski definition) is 1. The second kappa shape index (κ2) is 9.80. The van der Waals surface area contributed by atoms with Crippen LogP contribution in [-0.4, -0.2) is 43.2 Å². The van der Waals surface area contributed by atoms with E-state index in [9.17, 15) is 4.79 Å². The lowest BCUT2D eigenvalue weighted by Crippen LogP contribution is -2.41. The van der Waals surface area contributed by atoms with Gasteiger partial charge in [-0.15, -0.1) is 0 Å². The maximum atomic E-state index is 12.4. The van der Waals surface area contributed by atoms with Crippen molar-refractivity contribution in [3.63, 3.8) is 0 Å². The fourth-order valence-electron chi connectivity index (χ4n) is 3.08. The molecule has 0 unspecified atom stereocenters. The highest BCUT2D eigenvalue weighted by Gasteiger charge is 2.22. The van der Waals surface area contributed by atoms with Crippen molar-refractivity contribution in [2.75, 3.05) is 26.2 Å². The molecule has 1 amide bonds. The third-order valence-electron chi connectivity index (χ3n) is 4.77. The van der Waals surface area contributed by atoms with Crippen molar-refractivity contribution in [3.05, 3.63) is 35.4 Å². The van der Waals surface area contributed by atoms with E-state index in [2.05, 4.69) is 38.1 Å². The molecule has 0 atom stereocenters. The lowest BCUT2D eigenvalue weighted by atomic mass is 10.00. The fourth-order valence-corrected chi connectivity index (χ4v) is 3.08. The maximum Gasteiger partial charge on any atom is 0.222 e. The van der Waals surface area contributed by atoms with E-state index in [0.29, 0.717) is 25.0 Å². The quantitative estimate of drug-likeness (QED) is 0.744. The zero-order valence-corrected chi connectivity index (χ0v) is 15.2. The summed E-state index contributed by atoms with van der Waals surface area (Å²) in [6.45, 7) is 7.44. The van der Waals surface area contributed by atoms with Crippen LogP contribution in [0.15, 0.2) is 24.3 Å². The molecule has 1 aliphatic heterocycles. The summed E-state index contributed by atoms with van der Waals surface area (Å²) in [5.74, 6) is 0.817. The Kier molecular flexibility index (Phi) is 7.73. The van der Waals surface area contributed by atoms with Gasteiger partial charge < -0.3 is 15.4 Å². The Morgan fingerprint density at radius 3 is 2.50 bits per heavy atom. The Hall–Kier alpha value is -1.39. The predicted molar refractivity (Wildman–Crippen MR) is 98.1 cm³/mol. The molecule has 2 rings (SSSR count). The highest BCUT2D eigenvalue weighted by Crippen LogP contribution is 2.17. The molecule has 24 heavy (non-hydrogen) atoms. The third kappa shape index (κ3) is 5.91. The molecule has 1 aromatic rings. The number of hydrogen-bond acceptors (Lipinski definition) is 3. The van der Waals surface area contributed by atoms with Crippen LogP contribution in [0.2, 0.25) is 0 Å². The van der Waals surface area contributed by atoms with Crippen LogP contribution in [0.5, 0.6) is 0 Å². The van der Waals surface area contributed by atoms with Crippen LogP contribution >= 0.6 is 0 Å². The average Bonchev–Trinajstić information content (AvgIpc) is 2.61. The number of piperidine rings is 1. The number of carbonyl (C=O) groups excluding carboxylic acids is 1. The molecule has 0 saturated carbocycles. The van der Waals surface area contributed by atoms with Crippen molar-refractivity contribution in [2.24, 2.45) is 5.73 Å². The van der Waals surface area contributed by atoms with Gasteiger partial charge in [0.25, 0.3) is 0 Å². The summed E-state index contributed by atoms with van der Waals surface area (Å²) in [6, 6.07) is 8.66. The number of aryl methyl sites for hydroxylation is 1. The summed E-state index contributed by atoms with van der Waals surface area (Å²) in [5.41, 5.74) is 8.07. The van der Waals surface area contributed by atoms with Gasteiger partial charge >= 0.3 is 0 Å². The monoisotopic (exact) mass is 332 g/mol. The molecule has 1 aromatic carbocycles. The first kappa shape index (κ1) is 18.9. The second-order valence-corrected chi connectivity index (χ2v) is 6.99. The van der Waals surface area contributed by atoms with Crippen molar-refractivity contribution in [2.45, 2.75) is 58.0 Å². The first-order chi connectivity index (χ1) is 11.6. The summed E-state index contributed by atoms with van der Waals surface area (Å²) >= 11 is 0. The van der Waals surface area contributed by atoms with Gasteiger partial charge in [0.1, 0.15) is 0 Å². The molecule has 4 nitrogen and oxygen atoms in total. The van der Waals surface area contributed by atoms with Crippen LogP contribution in [0.1, 0.15) is 56.6 Å². The highest BCUT2D eigenvalue weighted by molar-refractivity contribution is 5.76. The van der Waals surface area contributed by atoms with Gasteiger partial charge in [-0.1, -0.05) is 38.1 Å². The van der Waals surface area contributed by atoms with Gasteiger partial charge in [-0.3, -0.25) is 4.79 Å². The first-order valence-corrected chi connectivity index (χ1v) is 9.28. The van der Waals surface area contributed by atoms with Crippen LogP contribution in [0.3, 0.4) is 0 Å². The summed E-state index contributed by atoms with van der Waals surface area (Å²) in [6.07, 6.45) is 4.52. The Morgan fingerprint density at radius 1 is 1.25 bits per heavy atom. The molecule has 0 aromatic heterocycles. The molecule has 1 aliphatic rings. The van der Waals surface area contributed by atoms with Crippen molar-refractivity contribution in [1.82, 2.24) is 4.90 Å². The largest absolute Gasteiger partial charge is 0.378 e. The van der Waals surface area contributed by atoms with Crippen LogP contribution in [-0.2, 0) is 16.0 Å². The molecule has 1 saturated heterocycles. The van der Waals surface area contributed by atoms with Crippen molar-refractivity contribution < 1.29 is 9.53 Å². The number of carbonyl (C=O) groups is 1. The molecule has 4 heteroatoms. The zero-order valence-electron chi connectivity index (χ0n) is 15.2. The zero-order chi connectivity index (χ0) is 17.4. The maximum absolute atomic E-state index is 12.4. The summed E-state index contributed by atoms with van der Waals surface area (Å²) in [4.78, 5) is 14.4. The fraction of sp³-hybridized carbons (Fsp3) is 0.650. The van der Waals surface area contributed by atoms with Crippen LogP contribution < -0.4 is 5.73 Å². The van der Waals surface area contributed by atoms with Gasteiger partial charge in [-0.05, 0) is 49.3 Å². The smallest absolute Gasteiger partial charge is 0.222 e. The van der Waals surface area contributed by atoms with Gasteiger partial charge in [0.15, 0.2) is 0 Å². The molecule has 1 heterocycles. The Labute approximate surface area is 146 Å². The Bertz CT molecular complexity index is 491. The van der Waals surface area contributed by atoms with Gasteiger partial charge in [0, 0.05) is 26.1 Å². The first-order valence-electron chi connectivity index (χ1n) is 9.28. The standard InChI is InChI=1S/C20H32N2O2/c1-16(2)18-7-4-17(5-8-18)6-9-20(23)22-13-10-19(11-14-22)24-15-3-12-21/h4-5,7-8,16,19H,3,6,9-15,21H2,1-2H3. The SMILES string of the molecule is CC(C)c1ccc(CCC(=O)N2CCC(OCCCN)CC2)cc1. The second-order valence-electron chi connectivity index (χ2n) is 6.99. The van der Waals surface area contributed by atoms with Crippen LogP contribution in [0.25, 0.3) is 0 Å². The van der Waals surface area contributed by atoms with Gasteiger partial charge in [0.2, 0.25) is 5.91 Å². The molecule has 134 valence electrons. The van der Waals surface area contributed by atoms with Crippen LogP contribution in [0, 0.1) is 0 Å². The van der Waals surface area contributed by atoms with Gasteiger partial charge in [-0.25, -0.2) is 0 Å². The van der Waals surface area contributed by atoms with Gasteiger partial charge in [0.05, 0.1) is 6.10 Å². The Morgan fingerprint density at radius 2 is 1.92 bits per heavy atom. The van der Waals surface area contributed by atoms with Crippen molar-refractivity contribution in [3.8, 4) is 0 Å². The molecule has 1 fully saturated rings. The normalized spacial score (nSPS) is 15.9. The number of likely N-dealkylation sites (tertiary alicyclic amines) is 1. The minimum atomic E-state index is 0.267. The number of ether oxygens (including phenoxy) is 1. The number of amides is 1. The summed E-state index contributed by atoms with van der Waals surface area (Å²) in [7, 11) is 0. The van der Waals surface area contributed by atoms with E-state index in [1.165, 1.54) is 11.1 Å². The lowest BCUT2D eigenvalue weighted by molar-refractivity contribution is -0.133. The van der Waals surface area contributed by atoms with Crippen molar-refractivity contribution in [1.29, 1.82) is 0 Å². The highest BCUT2D eigenvalue weighted by atomic mass is 16.5. The number of benzene rings is 1. The number of nitrogens with zero attached hydrogens (tertiary/aromatic N) is 1. The topological polar surface area (TPSA) is 55.6 Å². The molecular weight excluding hydrogens is 300 g/mol. The molecule has 0 radical (unpaired) electrons. The minimum Gasteiger partial charge on any atom is -0.378 e. The third-order valence-corrected chi connectivity index (χ3v) is 4.77. The van der Waals surface area contributed by atoms with Crippen LogP contribution in [0.4, 0.5) is 0 Å². The van der Waals surface area contributed by atoms with E-state index in [1.807, 2.05) is 4.90 Å². The molecule has 0 aliphatic carbocycles. The van der Waals surface area contributed by atoms with E-state index in [1.54, 1.807) is 0 Å². The van der Waals surface area contributed by atoms with E-state index >= 15 is 0 Å². The molecule has 0 bridgehead atoms. The predicted octanol–water partition coefficient (Wildman–Crippen LogP) is 3.10. The summed E-state index contributed by atoms with van der Waals surface area (Å²) in [5, 5.41) is 0. The summed E-state index contributed by atoms with van der Waals surface area (Å²) < 4.78 is 5.79. The lowest BCUT2D eigenvalue weighted by Gasteiger charge is -2.32. The molecule has 2 N–H and O–H groups in total. The number of nitrogens with two attached hydrogens (primary N) is 1. The molecular formula is C20H32N2O2. The van der Waals surface area contributed by atoms with E-state index < -0.39 is 0 Å². The van der Waals surface area contributed by atoms with E-state index in [0.717, 1.165) is 45.4 Å². The Balaban J connectivity index is 1.70. The molecule has 0 spiro atoms. The average molecular weight is 332 g/mol. The van der Waals surface area contributed by atoms with E-state index in [-0.39, 0.29) is 5.91 Å². The minimum absolute atomic E-state index is 0.267.